The van der Waals surface area contributed by atoms with Gasteiger partial charge in [-0.25, -0.2) is 0 Å². The van der Waals surface area contributed by atoms with Crippen molar-refractivity contribution in [2.45, 2.75) is 57.9 Å². The molecule has 0 aromatic carbocycles. The average molecular weight is 224 g/mol. The van der Waals surface area contributed by atoms with Crippen LogP contribution in [0.1, 0.15) is 51.9 Å². The van der Waals surface area contributed by atoms with Crippen molar-refractivity contribution in [1.29, 1.82) is 0 Å². The maximum atomic E-state index is 6.11. The van der Waals surface area contributed by atoms with Gasteiger partial charge < -0.3 is 10.6 Å². The van der Waals surface area contributed by atoms with Crippen LogP contribution in [0.4, 0.5) is 0 Å². The predicted octanol–water partition coefficient (Wildman–Crippen LogP) is 2.63. The van der Waals surface area contributed by atoms with Crippen molar-refractivity contribution in [3.8, 4) is 0 Å². The van der Waals surface area contributed by atoms with Gasteiger partial charge in [0.05, 0.1) is 0 Å². The molecule has 0 amide bonds. The van der Waals surface area contributed by atoms with Crippen LogP contribution in [-0.2, 0) is 0 Å². The zero-order valence-corrected chi connectivity index (χ0v) is 10.8. The first kappa shape index (κ1) is 12.4. The fraction of sp³-hybridized carbons (Fsp3) is 1.00. The molecule has 2 atom stereocenters. The molecule has 0 spiro atoms. The molecule has 94 valence electrons. The monoisotopic (exact) mass is 224 g/mol. The first-order valence-corrected chi connectivity index (χ1v) is 7.22. The number of likely N-dealkylation sites (tertiary alicyclic amines) is 1. The fourth-order valence-electron chi connectivity index (χ4n) is 3.57. The molecule has 0 radical (unpaired) electrons. The van der Waals surface area contributed by atoms with Crippen molar-refractivity contribution in [3.05, 3.63) is 0 Å². The maximum absolute atomic E-state index is 6.11. The molecule has 2 rings (SSSR count). The van der Waals surface area contributed by atoms with Gasteiger partial charge in [-0.1, -0.05) is 32.6 Å². The van der Waals surface area contributed by atoms with Crippen molar-refractivity contribution in [2.75, 3.05) is 19.6 Å². The molecule has 1 heterocycles. The first-order valence-electron chi connectivity index (χ1n) is 7.22. The van der Waals surface area contributed by atoms with E-state index in [-0.39, 0.29) is 0 Å². The van der Waals surface area contributed by atoms with E-state index < -0.39 is 0 Å². The minimum Gasteiger partial charge on any atom is -0.327 e. The fourth-order valence-corrected chi connectivity index (χ4v) is 3.57. The summed E-state index contributed by atoms with van der Waals surface area (Å²) in [5, 5.41) is 0. The smallest absolute Gasteiger partial charge is 0.0170 e. The van der Waals surface area contributed by atoms with E-state index in [1.54, 1.807) is 0 Å². The third-order valence-corrected chi connectivity index (χ3v) is 4.26. The third-order valence-electron chi connectivity index (χ3n) is 4.26. The first-order chi connectivity index (χ1) is 7.74. The summed E-state index contributed by atoms with van der Waals surface area (Å²) >= 11 is 0. The molecule has 1 aliphatic carbocycles. The van der Waals surface area contributed by atoms with E-state index in [1.165, 1.54) is 58.0 Å². The molecule has 2 heteroatoms. The van der Waals surface area contributed by atoms with Crippen LogP contribution in [0.3, 0.4) is 0 Å². The molecule has 2 nitrogen and oxygen atoms in total. The van der Waals surface area contributed by atoms with Crippen LogP contribution in [0, 0.1) is 11.8 Å². The Morgan fingerprint density at radius 2 is 1.75 bits per heavy atom. The van der Waals surface area contributed by atoms with Gasteiger partial charge in [-0.2, -0.15) is 0 Å². The average Bonchev–Trinajstić information content (AvgIpc) is 2.44. The number of hydrogen-bond donors (Lipinski definition) is 1. The molecule has 0 bridgehead atoms. The van der Waals surface area contributed by atoms with Gasteiger partial charge in [-0.3, -0.25) is 0 Å². The van der Waals surface area contributed by atoms with Crippen LogP contribution in [0.15, 0.2) is 0 Å². The zero-order chi connectivity index (χ0) is 11.4. The van der Waals surface area contributed by atoms with Crippen LogP contribution < -0.4 is 5.73 Å². The Bertz CT molecular complexity index is 187. The summed E-state index contributed by atoms with van der Waals surface area (Å²) < 4.78 is 0. The van der Waals surface area contributed by atoms with E-state index in [4.69, 9.17) is 5.73 Å². The Labute approximate surface area is 101 Å². The lowest BCUT2D eigenvalue weighted by Crippen LogP contribution is -2.47. The Morgan fingerprint density at radius 3 is 2.38 bits per heavy atom. The summed E-state index contributed by atoms with van der Waals surface area (Å²) in [4.78, 5) is 2.63. The predicted molar refractivity (Wildman–Crippen MR) is 69.4 cm³/mol. The van der Waals surface area contributed by atoms with Crippen molar-refractivity contribution in [1.82, 2.24) is 4.90 Å². The number of piperidine rings is 1. The van der Waals surface area contributed by atoms with Crippen molar-refractivity contribution in [3.63, 3.8) is 0 Å². The van der Waals surface area contributed by atoms with Gasteiger partial charge in [0.1, 0.15) is 0 Å². The van der Waals surface area contributed by atoms with E-state index in [0.717, 1.165) is 18.4 Å². The summed E-state index contributed by atoms with van der Waals surface area (Å²) in [6, 6.07) is 0.425. The SMILES string of the molecule is CC1CC(N)CN(CC2CCCCCC2)C1. The third kappa shape index (κ3) is 3.74. The van der Waals surface area contributed by atoms with E-state index in [2.05, 4.69) is 11.8 Å². The number of nitrogens with two attached hydrogens (primary N) is 1. The molecule has 2 N–H and O–H groups in total. The van der Waals surface area contributed by atoms with Gasteiger partial charge in [0.2, 0.25) is 0 Å². The van der Waals surface area contributed by atoms with Gasteiger partial charge in [0.15, 0.2) is 0 Å². The molecular weight excluding hydrogens is 196 g/mol. The minimum atomic E-state index is 0.425. The lowest BCUT2D eigenvalue weighted by Gasteiger charge is -2.36. The lowest BCUT2D eigenvalue weighted by atomic mass is 9.93. The maximum Gasteiger partial charge on any atom is 0.0170 e. The second kappa shape index (κ2) is 6.02. The van der Waals surface area contributed by atoms with Crippen LogP contribution in [0.2, 0.25) is 0 Å². The highest BCUT2D eigenvalue weighted by Crippen LogP contribution is 2.25. The zero-order valence-electron chi connectivity index (χ0n) is 10.8. The number of hydrogen-bond acceptors (Lipinski definition) is 2. The second-order valence-corrected chi connectivity index (χ2v) is 6.18. The second-order valence-electron chi connectivity index (χ2n) is 6.18. The van der Waals surface area contributed by atoms with E-state index in [0.29, 0.717) is 6.04 Å². The minimum absolute atomic E-state index is 0.425. The summed E-state index contributed by atoms with van der Waals surface area (Å²) in [6.07, 6.45) is 9.99. The Balaban J connectivity index is 1.78. The lowest BCUT2D eigenvalue weighted by molar-refractivity contribution is 0.138. The highest BCUT2D eigenvalue weighted by atomic mass is 15.1. The van der Waals surface area contributed by atoms with Gasteiger partial charge in [0.25, 0.3) is 0 Å². The van der Waals surface area contributed by atoms with Gasteiger partial charge in [-0.15, -0.1) is 0 Å². The normalized spacial score (nSPS) is 34.9. The Hall–Kier alpha value is -0.0800. The molecule has 2 aliphatic rings. The Morgan fingerprint density at radius 1 is 1.06 bits per heavy atom. The highest BCUT2D eigenvalue weighted by Gasteiger charge is 2.24. The summed E-state index contributed by atoms with van der Waals surface area (Å²) in [5.41, 5.74) is 6.11. The molecule has 16 heavy (non-hydrogen) atoms. The molecule has 0 aromatic rings. The van der Waals surface area contributed by atoms with Gasteiger partial charge >= 0.3 is 0 Å². The van der Waals surface area contributed by atoms with E-state index >= 15 is 0 Å². The summed E-state index contributed by atoms with van der Waals surface area (Å²) in [7, 11) is 0. The molecule has 2 fully saturated rings. The molecule has 1 aliphatic heterocycles. The van der Waals surface area contributed by atoms with Crippen LogP contribution in [0.25, 0.3) is 0 Å². The standard InChI is InChI=1S/C14H28N2/c1-12-8-14(15)11-16(9-12)10-13-6-4-2-3-5-7-13/h12-14H,2-11,15H2,1H3. The van der Waals surface area contributed by atoms with Crippen LogP contribution in [-0.4, -0.2) is 30.6 Å². The molecular formula is C14H28N2. The molecule has 2 unspecified atom stereocenters. The highest BCUT2D eigenvalue weighted by molar-refractivity contribution is 4.81. The van der Waals surface area contributed by atoms with E-state index in [9.17, 15) is 0 Å². The Kier molecular flexibility index (Phi) is 4.66. The van der Waals surface area contributed by atoms with Crippen molar-refractivity contribution in [2.24, 2.45) is 17.6 Å². The van der Waals surface area contributed by atoms with E-state index in [1.807, 2.05) is 0 Å². The molecule has 1 saturated heterocycles. The molecule has 0 aromatic heterocycles. The largest absolute Gasteiger partial charge is 0.327 e. The van der Waals surface area contributed by atoms with Crippen LogP contribution in [0.5, 0.6) is 0 Å². The summed E-state index contributed by atoms with van der Waals surface area (Å²) in [6.45, 7) is 6.09. The van der Waals surface area contributed by atoms with Crippen LogP contribution >= 0.6 is 0 Å². The number of rotatable bonds is 2. The quantitative estimate of drug-likeness (QED) is 0.731. The number of nitrogens with zero attached hydrogens (tertiary/aromatic N) is 1. The topological polar surface area (TPSA) is 29.3 Å². The van der Waals surface area contributed by atoms with Crippen molar-refractivity contribution < 1.29 is 0 Å². The molecule has 1 saturated carbocycles. The summed E-state index contributed by atoms with van der Waals surface area (Å²) in [5.74, 6) is 1.76. The van der Waals surface area contributed by atoms with Crippen molar-refractivity contribution >= 4 is 0 Å². The van der Waals surface area contributed by atoms with Gasteiger partial charge in [0, 0.05) is 25.7 Å². The van der Waals surface area contributed by atoms with Gasteiger partial charge in [-0.05, 0) is 31.1 Å².